The van der Waals surface area contributed by atoms with Gasteiger partial charge in [-0.25, -0.2) is 0 Å². The quantitative estimate of drug-likeness (QED) is 0.118. The molecule has 1 fully saturated rings. The van der Waals surface area contributed by atoms with E-state index in [-0.39, 0.29) is 25.5 Å². The zero-order valence-electron chi connectivity index (χ0n) is 34.7. The average molecular weight is 1010 g/mol. The molecule has 5 heteroatoms. The van der Waals surface area contributed by atoms with Crippen LogP contribution in [0.2, 0.25) is 17.3 Å². The fourth-order valence-corrected chi connectivity index (χ4v) is 12.6. The largest absolute Gasteiger partial charge is 0 e. The van der Waals surface area contributed by atoms with Gasteiger partial charge in [0.25, 0.3) is 0 Å². The predicted molar refractivity (Wildman–Crippen MR) is 245 cm³/mol. The number of hydrogen-bond donors (Lipinski definition) is 0. The van der Waals surface area contributed by atoms with Crippen LogP contribution >= 0.6 is 0 Å². The van der Waals surface area contributed by atoms with E-state index in [1.807, 2.05) is 18.2 Å². The Morgan fingerprint density at radius 3 is 2.14 bits per heavy atom. The number of hydrogen-bond acceptors (Lipinski definition) is 2. The Bertz CT molecular complexity index is 2700. The number of pyridine rings is 1. The second-order valence-corrected chi connectivity index (χ2v) is 28.2. The molecule has 297 valence electrons. The molecule has 10 rings (SSSR count). The molecular formula is C54H51GeIrN3-2. The first-order valence-electron chi connectivity index (χ1n) is 20.9. The minimum atomic E-state index is -1.87. The van der Waals surface area contributed by atoms with Gasteiger partial charge in [-0.2, -0.15) is 0 Å². The number of para-hydroxylation sites is 2. The summed E-state index contributed by atoms with van der Waals surface area (Å²) >= 11 is -1.87. The van der Waals surface area contributed by atoms with Crippen LogP contribution in [0.5, 0.6) is 0 Å². The van der Waals surface area contributed by atoms with Crippen molar-refractivity contribution in [1.82, 2.24) is 14.5 Å². The van der Waals surface area contributed by atoms with Crippen molar-refractivity contribution in [2.24, 2.45) is 5.92 Å². The zero-order valence-corrected chi connectivity index (χ0v) is 39.2. The molecule has 2 heterocycles. The molecule has 0 N–H and O–H groups in total. The first-order valence-corrected chi connectivity index (χ1v) is 28.3. The van der Waals surface area contributed by atoms with E-state index in [9.17, 15) is 0 Å². The topological polar surface area (TPSA) is 30.7 Å². The summed E-state index contributed by atoms with van der Waals surface area (Å²) in [5.41, 5.74) is 15.6. The standard InChI is InChI=1S/C34H25N2.C20H26GeN.Ir/c1-34(2)29-13-7-6-12-27(29)28-22-25(18-21-30(28)34)33-35-31-14-8-9-15-32(31)36(33)26-19-16-24(17-20-26)23-10-4-3-5-11-23;1-21(2,3)19-15-22-20(17-11-5-4-6-12-17)14-18(19)13-16-9-7-8-10-16;/h3-17,19-22H,1-2H3;4-6,11,14-16H,7-10,13H2,1-3H3;/q2*-1;. The van der Waals surface area contributed by atoms with E-state index in [2.05, 4.69) is 181 Å². The van der Waals surface area contributed by atoms with Crippen LogP contribution < -0.4 is 4.40 Å². The van der Waals surface area contributed by atoms with Gasteiger partial charge in [-0.1, -0.05) is 98.3 Å². The Balaban J connectivity index is 0.000000181. The summed E-state index contributed by atoms with van der Waals surface area (Å²) in [6, 6.07) is 58.2. The van der Waals surface area contributed by atoms with Crippen LogP contribution in [0.4, 0.5) is 0 Å². The van der Waals surface area contributed by atoms with E-state index in [4.69, 9.17) is 9.97 Å². The third kappa shape index (κ3) is 8.20. The maximum Gasteiger partial charge on any atom is 0 e. The molecule has 3 nitrogen and oxygen atoms in total. The van der Waals surface area contributed by atoms with Crippen LogP contribution in [-0.2, 0) is 31.9 Å². The molecular weight excluding hydrogens is 955 g/mol. The van der Waals surface area contributed by atoms with Crippen molar-refractivity contribution in [1.29, 1.82) is 0 Å². The Morgan fingerprint density at radius 2 is 1.39 bits per heavy atom. The first kappa shape index (κ1) is 40.9. The molecule has 0 aliphatic heterocycles. The van der Waals surface area contributed by atoms with E-state index in [0.717, 1.165) is 45.3 Å². The molecule has 0 saturated heterocycles. The van der Waals surface area contributed by atoms with Gasteiger partial charge in [0.15, 0.2) is 0 Å². The van der Waals surface area contributed by atoms with E-state index in [1.54, 1.807) is 9.96 Å². The third-order valence-electron chi connectivity index (χ3n) is 12.3. The minimum Gasteiger partial charge on any atom is 0 e. The van der Waals surface area contributed by atoms with Crippen LogP contribution in [0.1, 0.15) is 56.2 Å². The second-order valence-electron chi connectivity index (χ2n) is 17.6. The molecule has 0 spiro atoms. The maximum absolute atomic E-state index is 5.09. The van der Waals surface area contributed by atoms with Gasteiger partial charge in [-0.05, 0) is 51.9 Å². The van der Waals surface area contributed by atoms with Gasteiger partial charge in [-0.3, -0.25) is 4.98 Å². The molecule has 6 aromatic carbocycles. The summed E-state index contributed by atoms with van der Waals surface area (Å²) in [4.78, 5) is 9.86. The van der Waals surface area contributed by atoms with Crippen LogP contribution in [0.15, 0.2) is 152 Å². The molecule has 2 aromatic heterocycles. The molecule has 0 atom stereocenters. The molecule has 59 heavy (non-hydrogen) atoms. The van der Waals surface area contributed by atoms with E-state index in [0.29, 0.717) is 0 Å². The van der Waals surface area contributed by atoms with Crippen molar-refractivity contribution < 1.29 is 20.1 Å². The SMILES string of the molecule is CC1(C)c2c[c-]c(-c3nc4ccccc4n3-c3ccc(-c4ccccc4)cc3)cc2-c2ccccc21.[CH3][Ge]([CH3])([CH3])[c]1cnc(-c2[c-]cccc2)cc1CC1CCCC1.[Ir]. The Hall–Kier alpha value is -4.87. The first-order chi connectivity index (χ1) is 28.1. The number of nitrogens with zero attached hydrogens (tertiary/aromatic N) is 3. The van der Waals surface area contributed by atoms with E-state index >= 15 is 0 Å². The van der Waals surface area contributed by atoms with Crippen molar-refractivity contribution in [3.05, 3.63) is 181 Å². The minimum absolute atomic E-state index is 0. The molecule has 0 amide bonds. The molecule has 1 saturated carbocycles. The maximum atomic E-state index is 5.09. The molecule has 2 aliphatic rings. The summed E-state index contributed by atoms with van der Waals surface area (Å²) in [5.74, 6) is 9.23. The van der Waals surface area contributed by atoms with Crippen molar-refractivity contribution in [3.63, 3.8) is 0 Å². The molecule has 1 radical (unpaired) electrons. The molecule has 2 aliphatic carbocycles. The smallest absolute Gasteiger partial charge is 0 e. The number of benzene rings is 6. The Kier molecular flexibility index (Phi) is 11.8. The summed E-state index contributed by atoms with van der Waals surface area (Å²) in [7, 11) is 0. The van der Waals surface area contributed by atoms with Gasteiger partial charge in [0.2, 0.25) is 0 Å². The van der Waals surface area contributed by atoms with Gasteiger partial charge in [0.1, 0.15) is 0 Å². The van der Waals surface area contributed by atoms with Gasteiger partial charge < -0.3 is 4.57 Å². The number of fused-ring (bicyclic) bond motifs is 4. The van der Waals surface area contributed by atoms with Crippen molar-refractivity contribution in [3.8, 4) is 50.6 Å². The molecule has 8 aromatic rings. The van der Waals surface area contributed by atoms with Gasteiger partial charge in [0.05, 0.1) is 16.9 Å². The number of imidazole rings is 1. The average Bonchev–Trinajstić information content (AvgIpc) is 3.97. The van der Waals surface area contributed by atoms with Crippen LogP contribution in [0, 0.1) is 18.1 Å². The van der Waals surface area contributed by atoms with Crippen LogP contribution in [-0.4, -0.2) is 27.8 Å². The molecule has 0 bridgehead atoms. The third-order valence-corrected chi connectivity index (χ3v) is 16.7. The predicted octanol–water partition coefficient (Wildman–Crippen LogP) is 13.3. The summed E-state index contributed by atoms with van der Waals surface area (Å²) < 4.78 is 3.85. The number of aromatic nitrogens is 3. The second kappa shape index (κ2) is 17.0. The fraction of sp³-hybridized carbons (Fsp3) is 0.222. The van der Waals surface area contributed by atoms with Crippen LogP contribution in [0.3, 0.4) is 0 Å². The summed E-state index contributed by atoms with van der Waals surface area (Å²) in [5, 5.41) is 0. The summed E-state index contributed by atoms with van der Waals surface area (Å²) in [6.45, 7) is 4.60. The van der Waals surface area contributed by atoms with Crippen molar-refractivity contribution >= 4 is 28.7 Å². The zero-order chi connectivity index (χ0) is 39.9. The molecule has 0 unspecified atom stereocenters. The van der Waals surface area contributed by atoms with Crippen LogP contribution in [0.25, 0.3) is 61.6 Å². The Labute approximate surface area is 366 Å². The normalized spacial score (nSPS) is 14.3. The number of rotatable bonds is 7. The fourth-order valence-electron chi connectivity index (χ4n) is 9.24. The van der Waals surface area contributed by atoms with E-state index < -0.39 is 13.3 Å². The van der Waals surface area contributed by atoms with E-state index in [1.165, 1.54) is 65.5 Å². The van der Waals surface area contributed by atoms with Crippen molar-refractivity contribution in [2.45, 2.75) is 68.6 Å². The van der Waals surface area contributed by atoms with Gasteiger partial charge >= 0.3 is 137 Å². The van der Waals surface area contributed by atoms with Gasteiger partial charge in [-0.15, -0.1) is 29.3 Å². The van der Waals surface area contributed by atoms with Gasteiger partial charge in [0, 0.05) is 25.8 Å². The Morgan fingerprint density at radius 1 is 0.695 bits per heavy atom. The monoisotopic (exact) mass is 1010 g/mol. The summed E-state index contributed by atoms with van der Waals surface area (Å²) in [6.07, 6.45) is 9.08. The van der Waals surface area contributed by atoms with Crippen molar-refractivity contribution in [2.75, 3.05) is 0 Å².